The van der Waals surface area contributed by atoms with Crippen LogP contribution in [-0.4, -0.2) is 59.0 Å². The molecule has 4 unspecified atom stereocenters. The number of aliphatic hydroxyl groups excluding tert-OH is 2. The Morgan fingerprint density at radius 1 is 0.548 bits per heavy atom. The first-order chi connectivity index (χ1) is 30.3. The maximum Gasteiger partial charge on any atom is 0.472 e. The van der Waals surface area contributed by atoms with E-state index in [9.17, 15) is 24.5 Å². The van der Waals surface area contributed by atoms with Crippen LogP contribution in [0, 0.1) is 0 Å². The Morgan fingerprint density at radius 2 is 0.919 bits per heavy atom. The minimum absolute atomic E-state index is 0.0437. The lowest BCUT2D eigenvalue weighted by molar-refractivity contribution is -0.124. The number of unbranched alkanes of at least 4 members (excludes halogenated alkanes) is 31. The molecule has 0 aliphatic carbocycles. The summed E-state index contributed by atoms with van der Waals surface area (Å²) in [6.45, 7) is 3.98. The lowest BCUT2D eigenvalue weighted by Crippen LogP contribution is -2.46. The Kier molecular flexibility index (Phi) is 46.6. The van der Waals surface area contributed by atoms with E-state index in [-0.39, 0.29) is 19.6 Å². The van der Waals surface area contributed by atoms with Gasteiger partial charge in [0.25, 0.3) is 0 Å². The molecule has 0 saturated carbocycles. The number of hydrogen-bond donors (Lipinski definition) is 5. The molecule has 62 heavy (non-hydrogen) atoms. The molecule has 0 aromatic rings. The van der Waals surface area contributed by atoms with Crippen LogP contribution in [0.2, 0.25) is 0 Å². The van der Waals surface area contributed by atoms with E-state index in [2.05, 4.69) is 43.5 Å². The molecule has 0 aliphatic rings. The maximum atomic E-state index is 12.9. The van der Waals surface area contributed by atoms with Crippen molar-refractivity contribution >= 4 is 13.7 Å². The van der Waals surface area contributed by atoms with Crippen molar-refractivity contribution in [2.75, 3.05) is 19.8 Å². The number of nitrogens with two attached hydrogens (primary N) is 1. The molecule has 0 aliphatic heterocycles. The number of aliphatic hydroxyl groups is 2. The second-order valence-electron chi connectivity index (χ2n) is 17.9. The molecule has 4 atom stereocenters. The SMILES string of the molecule is CCCCCCCCCCCCC/C=C\CCCCCCCC(O)CC(=O)NC(COP(=O)(O)OCCN)C(O)/C=C/CC/C=C/CCCCCCCCCCCCCCCC. The van der Waals surface area contributed by atoms with E-state index < -0.39 is 38.6 Å². The summed E-state index contributed by atoms with van der Waals surface area (Å²) in [6.07, 6.45) is 55.3. The summed E-state index contributed by atoms with van der Waals surface area (Å²) in [5, 5.41) is 24.2. The van der Waals surface area contributed by atoms with E-state index in [0.717, 1.165) is 44.9 Å². The molecule has 0 fully saturated rings. The second-order valence-corrected chi connectivity index (χ2v) is 19.4. The van der Waals surface area contributed by atoms with E-state index in [1.165, 1.54) is 173 Å². The van der Waals surface area contributed by atoms with E-state index in [1.807, 2.05) is 6.08 Å². The average molecular weight is 897 g/mol. The fraction of sp³-hybridized carbons (Fsp3) is 0.865. The normalized spacial score (nSPS) is 14.6. The largest absolute Gasteiger partial charge is 0.472 e. The molecule has 0 saturated heterocycles. The van der Waals surface area contributed by atoms with Gasteiger partial charge in [0.15, 0.2) is 0 Å². The number of phosphoric acid groups is 1. The minimum Gasteiger partial charge on any atom is -0.393 e. The number of allylic oxidation sites excluding steroid dienone is 5. The Balaban J connectivity index is 4.23. The van der Waals surface area contributed by atoms with Gasteiger partial charge in [-0.1, -0.05) is 224 Å². The van der Waals surface area contributed by atoms with Crippen molar-refractivity contribution in [1.82, 2.24) is 5.32 Å². The molecule has 6 N–H and O–H groups in total. The van der Waals surface area contributed by atoms with Crippen LogP contribution in [0.4, 0.5) is 0 Å². The number of nitrogens with one attached hydrogen (secondary N) is 1. The van der Waals surface area contributed by atoms with Crippen LogP contribution in [0.25, 0.3) is 0 Å². The van der Waals surface area contributed by atoms with Crippen LogP contribution < -0.4 is 11.1 Å². The molecule has 366 valence electrons. The van der Waals surface area contributed by atoms with Gasteiger partial charge in [-0.15, -0.1) is 0 Å². The summed E-state index contributed by atoms with van der Waals surface area (Å²) in [5.74, 6) is -0.458. The molecule has 1 amide bonds. The first-order valence-electron chi connectivity index (χ1n) is 26.2. The highest BCUT2D eigenvalue weighted by atomic mass is 31.2. The van der Waals surface area contributed by atoms with Crippen LogP contribution in [0.15, 0.2) is 36.5 Å². The lowest BCUT2D eigenvalue weighted by atomic mass is 10.0. The summed E-state index contributed by atoms with van der Waals surface area (Å²) in [7, 11) is -4.42. The number of phosphoric ester groups is 1. The van der Waals surface area contributed by atoms with Crippen molar-refractivity contribution < 1.29 is 33.5 Å². The molecular formula is C52H101N2O7P. The summed E-state index contributed by atoms with van der Waals surface area (Å²) in [6, 6.07) is -1.00. The van der Waals surface area contributed by atoms with Gasteiger partial charge >= 0.3 is 7.82 Å². The number of carbonyl (C=O) groups excluding carboxylic acids is 1. The van der Waals surface area contributed by atoms with Gasteiger partial charge in [-0.3, -0.25) is 13.8 Å². The van der Waals surface area contributed by atoms with Crippen LogP contribution in [0.3, 0.4) is 0 Å². The number of carbonyl (C=O) groups is 1. The summed E-state index contributed by atoms with van der Waals surface area (Å²) < 4.78 is 22.2. The molecule has 0 bridgehead atoms. The van der Waals surface area contributed by atoms with Crippen molar-refractivity contribution in [3.05, 3.63) is 36.5 Å². The molecular weight excluding hydrogens is 796 g/mol. The van der Waals surface area contributed by atoms with Gasteiger partial charge in [0.1, 0.15) is 0 Å². The zero-order valence-corrected chi connectivity index (χ0v) is 41.4. The Hall–Kier alpha value is -1.32. The molecule has 0 rings (SSSR count). The highest BCUT2D eigenvalue weighted by Gasteiger charge is 2.27. The van der Waals surface area contributed by atoms with Crippen molar-refractivity contribution in [3.63, 3.8) is 0 Å². The third kappa shape index (κ3) is 45.3. The summed E-state index contributed by atoms with van der Waals surface area (Å²) in [4.78, 5) is 22.9. The number of rotatable bonds is 49. The van der Waals surface area contributed by atoms with E-state index in [1.54, 1.807) is 6.08 Å². The van der Waals surface area contributed by atoms with Crippen LogP contribution in [-0.2, 0) is 18.4 Å². The van der Waals surface area contributed by atoms with E-state index in [4.69, 9.17) is 14.8 Å². The van der Waals surface area contributed by atoms with Crippen molar-refractivity contribution in [1.29, 1.82) is 0 Å². The summed E-state index contributed by atoms with van der Waals surface area (Å²) in [5.41, 5.74) is 5.38. The fourth-order valence-corrected chi connectivity index (χ4v) is 8.54. The van der Waals surface area contributed by atoms with E-state index in [0.29, 0.717) is 12.8 Å². The maximum absolute atomic E-state index is 12.9. The third-order valence-electron chi connectivity index (χ3n) is 11.7. The standard InChI is InChI=1S/C52H101N2O7P/c1-3-5-7-9-11-13-15-17-19-21-23-25-27-29-31-33-35-37-39-41-43-49(55)47-52(57)54-50(48-61-62(58,59)60-46-45-53)51(56)44-42-40-38-36-34-32-30-28-26-24-22-20-18-16-14-12-10-8-6-4-2/h27,29,34,36,42,44,49-51,55-56H,3-26,28,30-33,35,37-41,43,45-48,53H2,1-2H3,(H,54,57)(H,58,59)/b29-27-,36-34+,44-42+. The molecule has 0 aromatic heterocycles. The van der Waals surface area contributed by atoms with E-state index >= 15 is 0 Å². The number of amides is 1. The Bertz CT molecular complexity index is 1090. The predicted molar refractivity (Wildman–Crippen MR) is 264 cm³/mol. The van der Waals surface area contributed by atoms with Gasteiger partial charge in [0.2, 0.25) is 5.91 Å². The fourth-order valence-electron chi connectivity index (χ4n) is 7.78. The van der Waals surface area contributed by atoms with Crippen molar-refractivity contribution in [3.8, 4) is 0 Å². The van der Waals surface area contributed by atoms with Gasteiger partial charge in [-0.05, 0) is 57.8 Å². The molecule has 10 heteroatoms. The van der Waals surface area contributed by atoms with Crippen molar-refractivity contribution in [2.45, 2.75) is 270 Å². The third-order valence-corrected chi connectivity index (χ3v) is 12.7. The lowest BCUT2D eigenvalue weighted by Gasteiger charge is -2.24. The highest BCUT2D eigenvalue weighted by molar-refractivity contribution is 7.47. The van der Waals surface area contributed by atoms with Crippen molar-refractivity contribution in [2.24, 2.45) is 5.73 Å². The van der Waals surface area contributed by atoms with Gasteiger partial charge in [-0.25, -0.2) is 4.57 Å². The highest BCUT2D eigenvalue weighted by Crippen LogP contribution is 2.43. The Labute approximate surface area is 382 Å². The van der Waals surface area contributed by atoms with Gasteiger partial charge in [-0.2, -0.15) is 0 Å². The quantitative estimate of drug-likeness (QED) is 0.0230. The predicted octanol–water partition coefficient (Wildman–Crippen LogP) is 14.4. The summed E-state index contributed by atoms with van der Waals surface area (Å²) >= 11 is 0. The van der Waals surface area contributed by atoms with Gasteiger partial charge < -0.3 is 26.2 Å². The topological polar surface area (TPSA) is 151 Å². The Morgan fingerprint density at radius 3 is 1.34 bits per heavy atom. The molecule has 0 radical (unpaired) electrons. The molecule has 0 spiro atoms. The second kappa shape index (κ2) is 47.6. The first-order valence-corrected chi connectivity index (χ1v) is 27.7. The zero-order chi connectivity index (χ0) is 45.5. The first kappa shape index (κ1) is 60.7. The van der Waals surface area contributed by atoms with Gasteiger partial charge in [0.05, 0.1) is 37.9 Å². The molecule has 0 heterocycles. The number of hydrogen-bond acceptors (Lipinski definition) is 7. The van der Waals surface area contributed by atoms with Gasteiger partial charge in [0, 0.05) is 6.54 Å². The van der Waals surface area contributed by atoms with Crippen LogP contribution in [0.5, 0.6) is 0 Å². The molecule has 0 aromatic carbocycles. The van der Waals surface area contributed by atoms with Crippen LogP contribution >= 0.6 is 7.82 Å². The monoisotopic (exact) mass is 897 g/mol. The average Bonchev–Trinajstić information content (AvgIpc) is 3.25. The minimum atomic E-state index is -4.42. The zero-order valence-electron chi connectivity index (χ0n) is 40.5. The smallest absolute Gasteiger partial charge is 0.393 e. The molecule has 9 nitrogen and oxygen atoms in total. The van der Waals surface area contributed by atoms with Crippen LogP contribution in [0.1, 0.15) is 251 Å².